The van der Waals surface area contributed by atoms with Crippen LogP contribution in [0.25, 0.3) is 0 Å². The van der Waals surface area contributed by atoms with Gasteiger partial charge in [-0.05, 0) is 43.0 Å². The quantitative estimate of drug-likeness (QED) is 0.271. The van der Waals surface area contributed by atoms with E-state index in [-0.39, 0.29) is 17.5 Å². The number of piperidine rings is 1. The normalized spacial score (nSPS) is 19.4. The first kappa shape index (κ1) is 25.8. The molecule has 0 bridgehead atoms. The molecule has 0 amide bonds. The Morgan fingerprint density at radius 2 is 2.09 bits per heavy atom. The van der Waals surface area contributed by atoms with Gasteiger partial charge in [0.15, 0.2) is 11.5 Å². The first-order valence-electron chi connectivity index (χ1n) is 10.8. The first-order valence-corrected chi connectivity index (χ1v) is 11.6. The predicted octanol–water partition coefficient (Wildman–Crippen LogP) is 3.71. The van der Waals surface area contributed by atoms with Crippen molar-refractivity contribution in [2.45, 2.75) is 12.8 Å². The fraction of sp³-hybridized carbons (Fsp3) is 0.292. The number of nitrogens with zero attached hydrogens (tertiary/aromatic N) is 4. The highest BCUT2D eigenvalue weighted by molar-refractivity contribution is 9.10. The van der Waals surface area contributed by atoms with Gasteiger partial charge < -0.3 is 31.2 Å². The van der Waals surface area contributed by atoms with E-state index in [0.29, 0.717) is 52.9 Å². The van der Waals surface area contributed by atoms with E-state index >= 15 is 0 Å². The van der Waals surface area contributed by atoms with Crippen molar-refractivity contribution in [3.63, 3.8) is 0 Å². The summed E-state index contributed by atoms with van der Waals surface area (Å²) in [6.07, 6.45) is 8.20. The summed E-state index contributed by atoms with van der Waals surface area (Å²) in [4.78, 5) is 9.79. The number of rotatable bonds is 7. The molecule has 1 aromatic carbocycles. The Bertz CT molecular complexity index is 1160. The van der Waals surface area contributed by atoms with Crippen LogP contribution in [0, 0.1) is 23.2 Å². The molecular weight excluding hydrogens is 517 g/mol. The summed E-state index contributed by atoms with van der Waals surface area (Å²) in [7, 11) is 1.53. The highest BCUT2D eigenvalue weighted by Crippen LogP contribution is 2.27. The van der Waals surface area contributed by atoms with Crippen molar-refractivity contribution in [2.24, 2.45) is 27.4 Å². The van der Waals surface area contributed by atoms with Crippen molar-refractivity contribution in [2.75, 3.05) is 32.1 Å². The minimum Gasteiger partial charge on any atom is -0.493 e. The molecule has 0 spiro atoms. The van der Waals surface area contributed by atoms with Crippen molar-refractivity contribution in [3.05, 3.63) is 76.3 Å². The zero-order valence-electron chi connectivity index (χ0n) is 19.3. The molecule has 11 heteroatoms. The van der Waals surface area contributed by atoms with Crippen LogP contribution in [0.2, 0.25) is 0 Å². The Morgan fingerprint density at radius 1 is 1.34 bits per heavy atom. The predicted molar refractivity (Wildman–Crippen MR) is 137 cm³/mol. The molecule has 1 aromatic rings. The topological polar surface area (TPSA) is 134 Å². The molecule has 1 aliphatic carbocycles. The van der Waals surface area contributed by atoms with E-state index in [1.54, 1.807) is 30.5 Å². The number of hydrogen-bond donors (Lipinski definition) is 3. The number of anilines is 1. The number of likely N-dealkylation sites (tertiary alicyclic amines) is 1. The van der Waals surface area contributed by atoms with Crippen LogP contribution in [0.5, 0.6) is 0 Å². The van der Waals surface area contributed by atoms with Crippen LogP contribution in [0.4, 0.5) is 10.1 Å². The lowest BCUT2D eigenvalue weighted by molar-refractivity contribution is 0.115. The van der Waals surface area contributed by atoms with Gasteiger partial charge >= 0.3 is 0 Å². The summed E-state index contributed by atoms with van der Waals surface area (Å²) in [6.45, 7) is 5.53. The Labute approximate surface area is 212 Å². The monoisotopic (exact) mass is 543 g/mol. The number of aliphatic imine (C=N–C) groups is 2. The van der Waals surface area contributed by atoms with Crippen LogP contribution < -0.4 is 16.8 Å². The van der Waals surface area contributed by atoms with E-state index in [0.717, 1.165) is 12.8 Å². The second-order valence-corrected chi connectivity index (χ2v) is 8.72. The third-order valence-corrected chi connectivity index (χ3v) is 6.07. The summed E-state index contributed by atoms with van der Waals surface area (Å²) in [5.74, 6) is 1.25. The summed E-state index contributed by atoms with van der Waals surface area (Å²) >= 11 is 3.24. The third-order valence-electron chi connectivity index (χ3n) is 5.58. The fourth-order valence-electron chi connectivity index (χ4n) is 3.70. The third kappa shape index (κ3) is 6.64. The second kappa shape index (κ2) is 12.1. The molecule has 1 fully saturated rings. The standard InChI is InChI=1S/C24H27BrFN7O2/c1-3-30-20-12-22(35-13-15-6-8-33(9-7-15)24(29)31-14-27)21(34-2)11-17(20)23(28)32-19-5-4-16(25)10-18(19)26/h3-5,10-12,15,32H,1,6-9,13,28H2,2H3,(H2,29,31)/b23-17+,30-20-. The number of hydrogen-bond acceptors (Lipinski definition) is 7. The average Bonchev–Trinajstić information content (AvgIpc) is 2.85. The van der Waals surface area contributed by atoms with Crippen molar-refractivity contribution >= 4 is 33.3 Å². The van der Waals surface area contributed by atoms with Crippen molar-refractivity contribution < 1.29 is 13.9 Å². The molecule has 35 heavy (non-hydrogen) atoms. The summed E-state index contributed by atoms with van der Waals surface area (Å²) in [5.41, 5.74) is 13.3. The lowest BCUT2D eigenvalue weighted by Crippen LogP contribution is -2.43. The van der Waals surface area contributed by atoms with Gasteiger partial charge in [0, 0.05) is 35.4 Å². The van der Waals surface area contributed by atoms with E-state index in [2.05, 4.69) is 37.8 Å². The van der Waals surface area contributed by atoms with Crippen LogP contribution in [-0.4, -0.2) is 43.4 Å². The molecule has 1 saturated heterocycles. The molecular formula is C24H27BrFN7O2. The first-order chi connectivity index (χ1) is 16.9. The van der Waals surface area contributed by atoms with Crippen molar-refractivity contribution in [3.8, 4) is 6.19 Å². The number of nitrogens with one attached hydrogen (secondary N) is 1. The maximum atomic E-state index is 14.3. The van der Waals surface area contributed by atoms with E-state index in [1.807, 2.05) is 4.90 Å². The number of halogens is 2. The molecule has 3 rings (SSSR count). The smallest absolute Gasteiger partial charge is 0.209 e. The van der Waals surface area contributed by atoms with Gasteiger partial charge in [-0.15, -0.1) is 4.99 Å². The van der Waals surface area contributed by atoms with E-state index < -0.39 is 5.82 Å². The zero-order chi connectivity index (χ0) is 25.4. The van der Waals surface area contributed by atoms with Crippen LogP contribution in [0.15, 0.2) is 80.5 Å². The Kier molecular flexibility index (Phi) is 8.92. The van der Waals surface area contributed by atoms with Gasteiger partial charge in [0.25, 0.3) is 0 Å². The number of benzene rings is 1. The van der Waals surface area contributed by atoms with Crippen LogP contribution in [0.1, 0.15) is 12.8 Å². The van der Waals surface area contributed by atoms with Crippen molar-refractivity contribution in [1.82, 2.24) is 4.90 Å². The highest BCUT2D eigenvalue weighted by atomic mass is 79.9. The van der Waals surface area contributed by atoms with Crippen LogP contribution in [0.3, 0.4) is 0 Å². The number of ether oxygens (including phenoxy) is 2. The van der Waals surface area contributed by atoms with Gasteiger partial charge in [-0.3, -0.25) is 4.99 Å². The number of nitrogens with two attached hydrogens (primary N) is 2. The molecule has 0 unspecified atom stereocenters. The van der Waals surface area contributed by atoms with Gasteiger partial charge in [0.05, 0.1) is 25.1 Å². The van der Waals surface area contributed by atoms with E-state index in [1.165, 1.54) is 19.4 Å². The number of methoxy groups -OCH3 is 1. The minimum atomic E-state index is -0.455. The number of guanidine groups is 1. The van der Waals surface area contributed by atoms with Gasteiger partial charge in [-0.1, -0.05) is 22.5 Å². The van der Waals surface area contributed by atoms with Crippen LogP contribution >= 0.6 is 15.9 Å². The lowest BCUT2D eigenvalue weighted by Gasteiger charge is -2.32. The maximum absolute atomic E-state index is 14.3. The summed E-state index contributed by atoms with van der Waals surface area (Å²) in [5, 5.41) is 11.6. The zero-order valence-corrected chi connectivity index (χ0v) is 20.9. The van der Waals surface area contributed by atoms with Gasteiger partial charge in [0.2, 0.25) is 12.2 Å². The van der Waals surface area contributed by atoms with E-state index in [4.69, 9.17) is 26.2 Å². The molecule has 0 atom stereocenters. The maximum Gasteiger partial charge on any atom is 0.209 e. The Morgan fingerprint density at radius 3 is 2.71 bits per heavy atom. The van der Waals surface area contributed by atoms with Crippen molar-refractivity contribution in [1.29, 1.82) is 5.26 Å². The lowest BCUT2D eigenvalue weighted by atomic mass is 9.98. The molecule has 0 radical (unpaired) electrons. The average molecular weight is 544 g/mol. The molecule has 9 nitrogen and oxygen atoms in total. The molecule has 5 N–H and O–H groups in total. The second-order valence-electron chi connectivity index (χ2n) is 7.81. The molecule has 1 heterocycles. The molecule has 184 valence electrons. The number of nitriles is 1. The molecule has 2 aliphatic rings. The van der Waals surface area contributed by atoms with Gasteiger partial charge in [0.1, 0.15) is 11.6 Å². The molecule has 1 aliphatic heterocycles. The Hall–Kier alpha value is -3.78. The Balaban J connectivity index is 1.73. The SMILES string of the molecule is C=C/N=C1/C=C(OCC2CCN(/C(N)=N/C#N)CC2)C(OC)=C/C1=C(/N)Nc1ccc(Br)cc1F. The minimum absolute atomic E-state index is 0.195. The van der Waals surface area contributed by atoms with E-state index in [9.17, 15) is 4.39 Å². The largest absolute Gasteiger partial charge is 0.493 e. The van der Waals surface area contributed by atoms with Gasteiger partial charge in [-0.2, -0.15) is 5.26 Å². The van der Waals surface area contributed by atoms with Crippen LogP contribution in [-0.2, 0) is 9.47 Å². The summed E-state index contributed by atoms with van der Waals surface area (Å²) in [6, 6.07) is 4.63. The fourth-order valence-corrected chi connectivity index (χ4v) is 4.04. The van der Waals surface area contributed by atoms with Gasteiger partial charge in [-0.25, -0.2) is 4.39 Å². The molecule has 0 saturated carbocycles. The highest BCUT2D eigenvalue weighted by Gasteiger charge is 2.25. The number of allylic oxidation sites excluding steroid dienone is 3. The molecule has 0 aromatic heterocycles. The summed E-state index contributed by atoms with van der Waals surface area (Å²) < 4.78 is 26.5.